The number of phenols is 2. The molecule has 1 aromatic carbocycles. The topological polar surface area (TPSA) is 105 Å². The number of hydrogen-bond acceptors (Lipinski definition) is 5. The highest BCUT2D eigenvalue weighted by molar-refractivity contribution is 5.95. The molecular weight excluding hydrogens is 224 g/mol. The molecule has 0 fully saturated rings. The van der Waals surface area contributed by atoms with Gasteiger partial charge in [-0.2, -0.15) is 0 Å². The molecule has 1 aromatic rings. The average molecular weight is 240 g/mol. The Morgan fingerprint density at radius 2 is 2.00 bits per heavy atom. The van der Waals surface area contributed by atoms with Gasteiger partial charge in [0.25, 0.3) is 5.91 Å². The van der Waals surface area contributed by atoms with Crippen molar-refractivity contribution in [2.24, 2.45) is 5.73 Å². The van der Waals surface area contributed by atoms with Crippen LogP contribution in [0.25, 0.3) is 0 Å². The molecule has 1 rings (SSSR count). The molecule has 1 unspecified atom stereocenters. The molecule has 0 radical (unpaired) electrons. The van der Waals surface area contributed by atoms with E-state index >= 15 is 0 Å². The number of rotatable bonds is 5. The maximum absolute atomic E-state index is 11.7. The van der Waals surface area contributed by atoms with E-state index in [2.05, 4.69) is 5.32 Å². The molecule has 6 nitrogen and oxygen atoms in total. The van der Waals surface area contributed by atoms with Crippen LogP contribution < -0.4 is 11.1 Å². The number of benzene rings is 1. The van der Waals surface area contributed by atoms with E-state index in [4.69, 9.17) is 10.5 Å². The summed E-state index contributed by atoms with van der Waals surface area (Å²) in [6.07, 6.45) is 0. The summed E-state index contributed by atoms with van der Waals surface area (Å²) in [6, 6.07) is 3.36. The van der Waals surface area contributed by atoms with E-state index in [1.165, 1.54) is 19.2 Å². The van der Waals surface area contributed by atoms with Gasteiger partial charge in [0.1, 0.15) is 11.5 Å². The van der Waals surface area contributed by atoms with Crippen LogP contribution in [0, 0.1) is 0 Å². The van der Waals surface area contributed by atoms with Crippen molar-refractivity contribution in [3.8, 4) is 11.5 Å². The van der Waals surface area contributed by atoms with Crippen LogP contribution in [-0.4, -0.2) is 42.4 Å². The second-order valence-corrected chi connectivity index (χ2v) is 3.60. The number of nitrogens with two attached hydrogens (primary N) is 1. The van der Waals surface area contributed by atoms with Gasteiger partial charge in [0, 0.05) is 25.3 Å². The van der Waals surface area contributed by atoms with Crippen LogP contribution >= 0.6 is 0 Å². The molecule has 6 heteroatoms. The van der Waals surface area contributed by atoms with Crippen molar-refractivity contribution in [1.29, 1.82) is 0 Å². The van der Waals surface area contributed by atoms with E-state index in [-0.39, 0.29) is 29.6 Å². The minimum atomic E-state index is -0.427. The van der Waals surface area contributed by atoms with E-state index in [0.717, 1.165) is 6.07 Å². The predicted octanol–water partition coefficient (Wildman–Crippen LogP) is -0.199. The first kappa shape index (κ1) is 13.3. The summed E-state index contributed by atoms with van der Waals surface area (Å²) in [7, 11) is 1.51. The molecule has 0 aliphatic rings. The molecule has 0 heterocycles. The van der Waals surface area contributed by atoms with Gasteiger partial charge in [0.15, 0.2) is 0 Å². The first-order valence-corrected chi connectivity index (χ1v) is 5.09. The zero-order chi connectivity index (χ0) is 12.8. The number of ether oxygens (including phenoxy) is 1. The van der Waals surface area contributed by atoms with Crippen molar-refractivity contribution in [3.63, 3.8) is 0 Å². The summed E-state index contributed by atoms with van der Waals surface area (Å²) in [5, 5.41) is 21.1. The Labute approximate surface area is 99.0 Å². The number of carbonyl (C=O) groups is 1. The normalized spacial score (nSPS) is 12.1. The maximum Gasteiger partial charge on any atom is 0.251 e. The Kier molecular flexibility index (Phi) is 4.74. The zero-order valence-electron chi connectivity index (χ0n) is 9.51. The molecule has 0 aromatic heterocycles. The van der Waals surface area contributed by atoms with Gasteiger partial charge in [-0.15, -0.1) is 0 Å². The minimum absolute atomic E-state index is 0.164. The second kappa shape index (κ2) is 6.07. The molecule has 5 N–H and O–H groups in total. The van der Waals surface area contributed by atoms with Crippen LogP contribution in [0.2, 0.25) is 0 Å². The van der Waals surface area contributed by atoms with Gasteiger partial charge in [-0.25, -0.2) is 0 Å². The lowest BCUT2D eigenvalue weighted by molar-refractivity contribution is 0.0900. The summed E-state index contributed by atoms with van der Waals surface area (Å²) < 4.78 is 4.89. The fraction of sp³-hybridized carbons (Fsp3) is 0.364. The van der Waals surface area contributed by atoms with E-state index in [1.54, 1.807) is 0 Å². The summed E-state index contributed by atoms with van der Waals surface area (Å²) in [6.45, 7) is 0.539. The molecule has 0 aliphatic carbocycles. The van der Waals surface area contributed by atoms with Gasteiger partial charge < -0.3 is 26.0 Å². The molecule has 0 saturated heterocycles. The number of amides is 1. The minimum Gasteiger partial charge on any atom is -0.508 e. The lowest BCUT2D eigenvalue weighted by Gasteiger charge is -2.15. The van der Waals surface area contributed by atoms with E-state index in [1.807, 2.05) is 0 Å². The first-order chi connectivity index (χ1) is 8.06. The van der Waals surface area contributed by atoms with Gasteiger partial charge >= 0.3 is 0 Å². The van der Waals surface area contributed by atoms with Crippen molar-refractivity contribution in [2.45, 2.75) is 6.04 Å². The highest BCUT2D eigenvalue weighted by Crippen LogP contribution is 2.20. The Hall–Kier alpha value is -1.79. The third-order valence-corrected chi connectivity index (χ3v) is 2.15. The van der Waals surface area contributed by atoms with Gasteiger partial charge in [0.05, 0.1) is 12.6 Å². The Morgan fingerprint density at radius 3 is 2.47 bits per heavy atom. The smallest absolute Gasteiger partial charge is 0.251 e. The van der Waals surface area contributed by atoms with E-state index in [0.29, 0.717) is 6.61 Å². The summed E-state index contributed by atoms with van der Waals surface area (Å²) in [4.78, 5) is 11.7. The van der Waals surface area contributed by atoms with Crippen molar-refractivity contribution in [1.82, 2.24) is 5.32 Å². The number of carbonyl (C=O) groups excluding carboxylic acids is 1. The molecule has 0 saturated carbocycles. The highest BCUT2D eigenvalue weighted by atomic mass is 16.5. The van der Waals surface area contributed by atoms with Gasteiger partial charge in [-0.1, -0.05) is 0 Å². The number of nitrogens with one attached hydrogen (secondary N) is 1. The van der Waals surface area contributed by atoms with Crippen molar-refractivity contribution in [3.05, 3.63) is 23.8 Å². The molecular formula is C11H16N2O4. The van der Waals surface area contributed by atoms with Gasteiger partial charge in [-0.3, -0.25) is 4.79 Å². The molecule has 1 amide bonds. The lowest BCUT2D eigenvalue weighted by Crippen LogP contribution is -2.43. The molecule has 1 atom stereocenters. The fourth-order valence-electron chi connectivity index (χ4n) is 1.36. The standard InChI is InChI=1S/C11H16N2O4/c1-17-6-8(5-12)13-11(16)7-2-9(14)4-10(15)3-7/h2-4,8,14-15H,5-6,12H2,1H3,(H,13,16). The summed E-state index contributed by atoms with van der Waals surface area (Å²) in [5.41, 5.74) is 5.62. The highest BCUT2D eigenvalue weighted by Gasteiger charge is 2.13. The molecule has 0 aliphatic heterocycles. The largest absolute Gasteiger partial charge is 0.508 e. The number of hydrogen-bond donors (Lipinski definition) is 4. The number of methoxy groups -OCH3 is 1. The number of phenolic OH excluding ortho intramolecular Hbond substituents is 2. The van der Waals surface area contributed by atoms with Crippen LogP contribution in [-0.2, 0) is 4.74 Å². The Bertz CT molecular complexity index is 375. The second-order valence-electron chi connectivity index (χ2n) is 3.60. The lowest BCUT2D eigenvalue weighted by atomic mass is 10.1. The number of aromatic hydroxyl groups is 2. The quantitative estimate of drug-likeness (QED) is 0.570. The first-order valence-electron chi connectivity index (χ1n) is 5.09. The Balaban J connectivity index is 2.75. The van der Waals surface area contributed by atoms with E-state index < -0.39 is 5.91 Å². The van der Waals surface area contributed by atoms with Gasteiger partial charge in [0.2, 0.25) is 0 Å². The molecule has 0 spiro atoms. The Morgan fingerprint density at radius 1 is 1.41 bits per heavy atom. The van der Waals surface area contributed by atoms with Crippen LogP contribution in [0.3, 0.4) is 0 Å². The monoisotopic (exact) mass is 240 g/mol. The maximum atomic E-state index is 11.7. The SMILES string of the molecule is COCC(CN)NC(=O)c1cc(O)cc(O)c1. The van der Waals surface area contributed by atoms with Crippen LogP contribution in [0.1, 0.15) is 10.4 Å². The van der Waals surface area contributed by atoms with Crippen molar-refractivity contribution in [2.75, 3.05) is 20.3 Å². The van der Waals surface area contributed by atoms with Crippen molar-refractivity contribution < 1.29 is 19.7 Å². The van der Waals surface area contributed by atoms with Crippen LogP contribution in [0.5, 0.6) is 11.5 Å². The molecule has 94 valence electrons. The van der Waals surface area contributed by atoms with Gasteiger partial charge in [-0.05, 0) is 12.1 Å². The average Bonchev–Trinajstić information content (AvgIpc) is 2.27. The molecule has 0 bridgehead atoms. The summed E-state index contributed by atoms with van der Waals surface area (Å²) in [5.74, 6) is -0.777. The van der Waals surface area contributed by atoms with Crippen molar-refractivity contribution >= 4 is 5.91 Å². The third kappa shape index (κ3) is 3.93. The fourth-order valence-corrected chi connectivity index (χ4v) is 1.36. The van der Waals surface area contributed by atoms with Crippen LogP contribution in [0.15, 0.2) is 18.2 Å². The van der Waals surface area contributed by atoms with Crippen LogP contribution in [0.4, 0.5) is 0 Å². The van der Waals surface area contributed by atoms with E-state index in [9.17, 15) is 15.0 Å². The zero-order valence-corrected chi connectivity index (χ0v) is 9.51. The predicted molar refractivity (Wildman–Crippen MR) is 62.0 cm³/mol. The molecule has 17 heavy (non-hydrogen) atoms. The third-order valence-electron chi connectivity index (χ3n) is 2.15. The summed E-state index contributed by atoms with van der Waals surface area (Å²) >= 11 is 0.